The Morgan fingerprint density at radius 1 is 1.04 bits per heavy atom. The average Bonchev–Trinajstić information content (AvgIpc) is 2.58. The molecule has 0 atom stereocenters. The summed E-state index contributed by atoms with van der Waals surface area (Å²) in [4.78, 5) is 20.1. The van der Waals surface area contributed by atoms with E-state index in [0.29, 0.717) is 33.5 Å². The fourth-order valence-electron chi connectivity index (χ4n) is 2.13. The molecule has 3 rings (SSSR count). The summed E-state index contributed by atoms with van der Waals surface area (Å²) in [5.41, 5.74) is 7.99. The van der Waals surface area contributed by atoms with E-state index in [9.17, 15) is 4.79 Å². The van der Waals surface area contributed by atoms with Gasteiger partial charge in [0.15, 0.2) is 5.82 Å². The number of nitrogens with two attached hydrogens (primary N) is 1. The van der Waals surface area contributed by atoms with Gasteiger partial charge in [-0.25, -0.2) is 4.98 Å². The van der Waals surface area contributed by atoms with E-state index >= 15 is 0 Å². The molecule has 1 aromatic heterocycles. The summed E-state index contributed by atoms with van der Waals surface area (Å²) < 4.78 is 0. The Kier molecular flexibility index (Phi) is 5.02. The minimum atomic E-state index is -0.257. The van der Waals surface area contributed by atoms with Gasteiger partial charge in [-0.1, -0.05) is 23.7 Å². The van der Waals surface area contributed by atoms with E-state index in [-0.39, 0.29) is 11.2 Å². The molecule has 0 bridgehead atoms. The summed E-state index contributed by atoms with van der Waals surface area (Å²) in [5.74, 6) is 0.119. The minimum absolute atomic E-state index is 0.0815. The molecule has 126 valence electrons. The molecule has 3 aromatic rings. The van der Waals surface area contributed by atoms with Crippen LogP contribution in [0.5, 0.6) is 0 Å². The van der Waals surface area contributed by atoms with Gasteiger partial charge in [0.1, 0.15) is 5.02 Å². The summed E-state index contributed by atoms with van der Waals surface area (Å²) in [5, 5.41) is 6.26. The lowest BCUT2D eigenvalue weighted by molar-refractivity contribution is 0.102. The Morgan fingerprint density at radius 3 is 2.60 bits per heavy atom. The van der Waals surface area contributed by atoms with Crippen LogP contribution in [0.15, 0.2) is 54.7 Å². The number of anilines is 4. The summed E-state index contributed by atoms with van der Waals surface area (Å²) in [6.45, 7) is 0. The van der Waals surface area contributed by atoms with Gasteiger partial charge in [0, 0.05) is 22.6 Å². The molecule has 0 spiro atoms. The molecule has 0 unspecified atom stereocenters. The summed E-state index contributed by atoms with van der Waals surface area (Å²) >= 11 is 11.8. The Labute approximate surface area is 154 Å². The lowest BCUT2D eigenvalue weighted by Crippen LogP contribution is -2.12. The van der Waals surface area contributed by atoms with Crippen LogP contribution in [0.4, 0.5) is 22.9 Å². The second kappa shape index (κ2) is 7.38. The van der Waals surface area contributed by atoms with Crippen LogP contribution in [0.2, 0.25) is 10.3 Å². The predicted octanol–water partition coefficient (Wildman–Crippen LogP) is 4.36. The van der Waals surface area contributed by atoms with Gasteiger partial charge in [-0.3, -0.25) is 4.79 Å². The van der Waals surface area contributed by atoms with Crippen LogP contribution in [-0.4, -0.2) is 15.9 Å². The van der Waals surface area contributed by atoms with Crippen LogP contribution in [0.3, 0.4) is 0 Å². The van der Waals surface area contributed by atoms with Gasteiger partial charge in [0.2, 0.25) is 5.28 Å². The molecule has 4 N–H and O–H groups in total. The van der Waals surface area contributed by atoms with Crippen molar-refractivity contribution in [2.24, 2.45) is 0 Å². The lowest BCUT2D eigenvalue weighted by atomic mass is 10.2. The highest BCUT2D eigenvalue weighted by atomic mass is 35.5. The Bertz CT molecular complexity index is 932. The third kappa shape index (κ3) is 4.37. The molecule has 0 aliphatic carbocycles. The Hall–Kier alpha value is -2.83. The maximum atomic E-state index is 12.3. The van der Waals surface area contributed by atoms with Crippen molar-refractivity contribution in [2.75, 3.05) is 16.4 Å². The SMILES string of the molecule is Nc1cccc(C(=O)Nc2cccc(Nc3nc(Cl)ncc3Cl)c2)c1. The number of nitrogens with zero attached hydrogens (tertiary/aromatic N) is 2. The molecule has 1 heterocycles. The van der Waals surface area contributed by atoms with Crippen molar-refractivity contribution in [3.05, 3.63) is 70.6 Å². The van der Waals surface area contributed by atoms with Gasteiger partial charge in [-0.05, 0) is 48.0 Å². The van der Waals surface area contributed by atoms with Crippen molar-refractivity contribution < 1.29 is 4.79 Å². The predicted molar refractivity (Wildman–Crippen MR) is 101 cm³/mol. The first-order valence-electron chi connectivity index (χ1n) is 7.23. The number of benzene rings is 2. The largest absolute Gasteiger partial charge is 0.399 e. The fraction of sp³-hybridized carbons (Fsp3) is 0. The molecular formula is C17H13Cl2N5O. The van der Waals surface area contributed by atoms with E-state index in [2.05, 4.69) is 20.6 Å². The maximum absolute atomic E-state index is 12.3. The van der Waals surface area contributed by atoms with Gasteiger partial charge < -0.3 is 16.4 Å². The quantitative estimate of drug-likeness (QED) is 0.466. The number of hydrogen-bond donors (Lipinski definition) is 3. The highest BCUT2D eigenvalue weighted by Gasteiger charge is 2.08. The Morgan fingerprint density at radius 2 is 1.80 bits per heavy atom. The fourth-order valence-corrected chi connectivity index (χ4v) is 2.40. The first kappa shape index (κ1) is 17.0. The van der Waals surface area contributed by atoms with Crippen molar-refractivity contribution >= 4 is 52.0 Å². The number of nitrogen functional groups attached to an aromatic ring is 1. The van der Waals surface area contributed by atoms with Gasteiger partial charge in [0.25, 0.3) is 5.91 Å². The molecule has 0 aliphatic rings. The summed E-state index contributed by atoms with van der Waals surface area (Å²) in [6.07, 6.45) is 1.41. The molecule has 0 radical (unpaired) electrons. The standard InChI is InChI=1S/C17H13Cl2N5O/c18-14-9-21-17(19)24-15(14)22-12-5-2-6-13(8-12)23-16(25)10-3-1-4-11(20)7-10/h1-9H,20H2,(H,23,25)(H,21,22,24). The van der Waals surface area contributed by atoms with Gasteiger partial charge >= 0.3 is 0 Å². The van der Waals surface area contributed by atoms with E-state index in [1.54, 1.807) is 42.5 Å². The number of amides is 1. The smallest absolute Gasteiger partial charge is 0.255 e. The van der Waals surface area contributed by atoms with E-state index in [0.717, 1.165) is 0 Å². The summed E-state index contributed by atoms with van der Waals surface area (Å²) in [6, 6.07) is 13.9. The zero-order chi connectivity index (χ0) is 17.8. The first-order chi connectivity index (χ1) is 12.0. The maximum Gasteiger partial charge on any atom is 0.255 e. The molecule has 0 fully saturated rings. The first-order valence-corrected chi connectivity index (χ1v) is 7.99. The van der Waals surface area contributed by atoms with E-state index in [1.807, 2.05) is 6.07 Å². The van der Waals surface area contributed by atoms with Crippen molar-refractivity contribution in [3.8, 4) is 0 Å². The molecule has 0 saturated carbocycles. The molecule has 25 heavy (non-hydrogen) atoms. The summed E-state index contributed by atoms with van der Waals surface area (Å²) in [7, 11) is 0. The number of carbonyl (C=O) groups is 1. The zero-order valence-electron chi connectivity index (χ0n) is 12.8. The second-order valence-electron chi connectivity index (χ2n) is 5.12. The molecule has 2 aromatic carbocycles. The molecule has 8 heteroatoms. The highest BCUT2D eigenvalue weighted by Crippen LogP contribution is 2.25. The van der Waals surface area contributed by atoms with Crippen molar-refractivity contribution in [1.29, 1.82) is 0 Å². The minimum Gasteiger partial charge on any atom is -0.399 e. The molecule has 0 aliphatic heterocycles. The van der Waals surface area contributed by atoms with Crippen LogP contribution in [0.25, 0.3) is 0 Å². The van der Waals surface area contributed by atoms with Crippen LogP contribution < -0.4 is 16.4 Å². The van der Waals surface area contributed by atoms with E-state index in [4.69, 9.17) is 28.9 Å². The molecule has 1 amide bonds. The van der Waals surface area contributed by atoms with Crippen LogP contribution in [0.1, 0.15) is 10.4 Å². The normalized spacial score (nSPS) is 10.3. The van der Waals surface area contributed by atoms with Gasteiger partial charge in [-0.15, -0.1) is 0 Å². The van der Waals surface area contributed by atoms with Crippen molar-refractivity contribution in [1.82, 2.24) is 9.97 Å². The monoisotopic (exact) mass is 373 g/mol. The van der Waals surface area contributed by atoms with Crippen molar-refractivity contribution in [2.45, 2.75) is 0 Å². The lowest BCUT2D eigenvalue weighted by Gasteiger charge is -2.10. The number of hydrogen-bond acceptors (Lipinski definition) is 5. The topological polar surface area (TPSA) is 92.9 Å². The van der Waals surface area contributed by atoms with Gasteiger partial charge in [0.05, 0.1) is 6.20 Å². The molecular weight excluding hydrogens is 361 g/mol. The van der Waals surface area contributed by atoms with Crippen LogP contribution >= 0.6 is 23.2 Å². The Balaban J connectivity index is 1.77. The number of nitrogens with one attached hydrogen (secondary N) is 2. The van der Waals surface area contributed by atoms with E-state index in [1.165, 1.54) is 6.20 Å². The average molecular weight is 374 g/mol. The third-order valence-corrected chi connectivity index (χ3v) is 3.71. The van der Waals surface area contributed by atoms with Crippen molar-refractivity contribution in [3.63, 3.8) is 0 Å². The molecule has 0 saturated heterocycles. The highest BCUT2D eigenvalue weighted by molar-refractivity contribution is 6.33. The number of halogens is 2. The number of rotatable bonds is 4. The van der Waals surface area contributed by atoms with Crippen LogP contribution in [-0.2, 0) is 0 Å². The van der Waals surface area contributed by atoms with E-state index < -0.39 is 0 Å². The second-order valence-corrected chi connectivity index (χ2v) is 5.87. The third-order valence-electron chi connectivity index (χ3n) is 3.25. The zero-order valence-corrected chi connectivity index (χ0v) is 14.3. The molecule has 6 nitrogen and oxygen atoms in total. The van der Waals surface area contributed by atoms with Gasteiger partial charge in [-0.2, -0.15) is 4.98 Å². The number of carbonyl (C=O) groups excluding carboxylic acids is 1. The number of aromatic nitrogens is 2. The van der Waals surface area contributed by atoms with Crippen LogP contribution in [0, 0.1) is 0 Å².